The molecule has 0 amide bonds. The molecule has 1 heterocycles. The Hall–Kier alpha value is -1.16. The average Bonchev–Trinajstić information content (AvgIpc) is 2.77. The summed E-state index contributed by atoms with van der Waals surface area (Å²) in [6.45, 7) is 2.26. The predicted octanol–water partition coefficient (Wildman–Crippen LogP) is 2.74. The Morgan fingerprint density at radius 2 is 2.19 bits per heavy atom. The standard InChI is InChI=1S/C12H14O3S/c1-3-11(16-2)12(13)8-4-5-9-10(6-8)15-7-14-9/h4-6,11H,3,7H2,1-2H3. The minimum atomic E-state index is 0.0281. The second kappa shape index (κ2) is 4.78. The van der Waals surface area contributed by atoms with Crippen molar-refractivity contribution in [3.05, 3.63) is 23.8 Å². The number of thioether (sulfide) groups is 1. The van der Waals surface area contributed by atoms with Crippen LogP contribution in [0.4, 0.5) is 0 Å². The Balaban J connectivity index is 2.24. The highest BCUT2D eigenvalue weighted by Gasteiger charge is 2.20. The molecule has 1 atom stereocenters. The van der Waals surface area contributed by atoms with Crippen molar-refractivity contribution in [1.82, 2.24) is 0 Å². The summed E-state index contributed by atoms with van der Waals surface area (Å²) in [4.78, 5) is 12.1. The minimum absolute atomic E-state index is 0.0281. The van der Waals surface area contributed by atoms with Crippen molar-refractivity contribution in [2.75, 3.05) is 13.0 Å². The van der Waals surface area contributed by atoms with Crippen molar-refractivity contribution in [1.29, 1.82) is 0 Å². The molecular weight excluding hydrogens is 224 g/mol. The van der Waals surface area contributed by atoms with E-state index in [1.807, 2.05) is 13.2 Å². The van der Waals surface area contributed by atoms with Gasteiger partial charge in [-0.05, 0) is 30.9 Å². The van der Waals surface area contributed by atoms with Gasteiger partial charge in [0, 0.05) is 5.56 Å². The summed E-state index contributed by atoms with van der Waals surface area (Å²) in [5, 5.41) is 0.0281. The first-order valence-electron chi connectivity index (χ1n) is 5.23. The van der Waals surface area contributed by atoms with E-state index in [0.29, 0.717) is 17.1 Å². The van der Waals surface area contributed by atoms with Crippen molar-refractivity contribution < 1.29 is 14.3 Å². The zero-order valence-corrected chi connectivity index (χ0v) is 10.2. The molecule has 16 heavy (non-hydrogen) atoms. The van der Waals surface area contributed by atoms with Crippen molar-refractivity contribution in [2.24, 2.45) is 0 Å². The summed E-state index contributed by atoms with van der Waals surface area (Å²) in [7, 11) is 0. The molecule has 0 radical (unpaired) electrons. The largest absolute Gasteiger partial charge is 0.454 e. The summed E-state index contributed by atoms with van der Waals surface area (Å²) in [6, 6.07) is 5.36. The molecular formula is C12H14O3S. The highest BCUT2D eigenvalue weighted by molar-refractivity contribution is 7.99. The molecule has 0 fully saturated rings. The zero-order chi connectivity index (χ0) is 11.5. The summed E-state index contributed by atoms with van der Waals surface area (Å²) in [6.07, 6.45) is 2.80. The van der Waals surface area contributed by atoms with Gasteiger partial charge in [-0.15, -0.1) is 0 Å². The van der Waals surface area contributed by atoms with Crippen LogP contribution >= 0.6 is 11.8 Å². The number of carbonyl (C=O) groups is 1. The lowest BCUT2D eigenvalue weighted by atomic mass is 10.1. The van der Waals surface area contributed by atoms with Gasteiger partial charge in [-0.25, -0.2) is 0 Å². The third kappa shape index (κ3) is 2.02. The lowest BCUT2D eigenvalue weighted by molar-refractivity contribution is 0.0988. The maximum absolute atomic E-state index is 12.1. The van der Waals surface area contributed by atoms with Crippen LogP contribution in [0, 0.1) is 0 Å². The number of rotatable bonds is 4. The molecule has 0 aromatic heterocycles. The molecule has 0 saturated heterocycles. The van der Waals surface area contributed by atoms with E-state index in [2.05, 4.69) is 0 Å². The molecule has 0 N–H and O–H groups in total. The van der Waals surface area contributed by atoms with Gasteiger partial charge in [0.25, 0.3) is 0 Å². The average molecular weight is 238 g/mol. The van der Waals surface area contributed by atoms with Crippen LogP contribution in [0.15, 0.2) is 18.2 Å². The quantitative estimate of drug-likeness (QED) is 0.756. The fourth-order valence-electron chi connectivity index (χ4n) is 1.69. The van der Waals surface area contributed by atoms with E-state index in [-0.39, 0.29) is 17.8 Å². The van der Waals surface area contributed by atoms with Crippen LogP contribution in [0.1, 0.15) is 23.7 Å². The number of carbonyl (C=O) groups excluding carboxylic acids is 1. The molecule has 1 unspecified atom stereocenters. The number of ether oxygens (including phenoxy) is 2. The van der Waals surface area contributed by atoms with Gasteiger partial charge in [0.05, 0.1) is 5.25 Å². The Morgan fingerprint density at radius 1 is 1.44 bits per heavy atom. The molecule has 0 aliphatic carbocycles. The Morgan fingerprint density at radius 3 is 2.88 bits per heavy atom. The van der Waals surface area contributed by atoms with Gasteiger partial charge in [0.2, 0.25) is 6.79 Å². The van der Waals surface area contributed by atoms with Gasteiger partial charge in [-0.1, -0.05) is 6.92 Å². The zero-order valence-electron chi connectivity index (χ0n) is 9.36. The van der Waals surface area contributed by atoms with Gasteiger partial charge < -0.3 is 9.47 Å². The molecule has 1 aliphatic heterocycles. The summed E-state index contributed by atoms with van der Waals surface area (Å²) < 4.78 is 10.5. The number of hydrogen-bond donors (Lipinski definition) is 0. The van der Waals surface area contributed by atoms with Gasteiger partial charge in [0.1, 0.15) is 0 Å². The maximum Gasteiger partial charge on any atom is 0.231 e. The first-order chi connectivity index (χ1) is 7.76. The highest BCUT2D eigenvalue weighted by atomic mass is 32.2. The van der Waals surface area contributed by atoms with Gasteiger partial charge >= 0.3 is 0 Å². The fourth-order valence-corrected chi connectivity index (χ4v) is 2.38. The molecule has 0 saturated carbocycles. The van der Waals surface area contributed by atoms with E-state index in [4.69, 9.17) is 9.47 Å². The van der Waals surface area contributed by atoms with Crippen LogP contribution < -0.4 is 9.47 Å². The Kier molecular flexibility index (Phi) is 3.39. The lowest BCUT2D eigenvalue weighted by Crippen LogP contribution is -2.15. The first kappa shape index (κ1) is 11.3. The van der Waals surface area contributed by atoms with E-state index < -0.39 is 0 Å². The van der Waals surface area contributed by atoms with E-state index in [9.17, 15) is 4.79 Å². The van der Waals surface area contributed by atoms with Crippen molar-refractivity contribution >= 4 is 17.5 Å². The van der Waals surface area contributed by atoms with Gasteiger partial charge in [0.15, 0.2) is 17.3 Å². The number of benzene rings is 1. The van der Waals surface area contributed by atoms with Crippen LogP contribution in [-0.2, 0) is 0 Å². The van der Waals surface area contributed by atoms with Gasteiger partial charge in [-0.2, -0.15) is 11.8 Å². The molecule has 1 aromatic carbocycles. The molecule has 2 rings (SSSR count). The van der Waals surface area contributed by atoms with E-state index in [1.54, 1.807) is 30.0 Å². The second-order valence-corrected chi connectivity index (χ2v) is 4.61. The Bertz CT molecular complexity index is 399. The normalized spacial score (nSPS) is 14.9. The monoisotopic (exact) mass is 238 g/mol. The third-order valence-electron chi connectivity index (χ3n) is 2.60. The predicted molar refractivity (Wildman–Crippen MR) is 64.5 cm³/mol. The topological polar surface area (TPSA) is 35.5 Å². The summed E-state index contributed by atoms with van der Waals surface area (Å²) >= 11 is 1.58. The number of fused-ring (bicyclic) bond motifs is 1. The molecule has 1 aliphatic rings. The van der Waals surface area contributed by atoms with Crippen LogP contribution in [0.5, 0.6) is 11.5 Å². The molecule has 4 heteroatoms. The molecule has 1 aromatic rings. The van der Waals surface area contributed by atoms with Crippen LogP contribution in [0.2, 0.25) is 0 Å². The van der Waals surface area contributed by atoms with E-state index in [0.717, 1.165) is 6.42 Å². The third-order valence-corrected chi connectivity index (χ3v) is 3.72. The SMILES string of the molecule is CCC(SC)C(=O)c1ccc2c(c1)OCO2. The molecule has 86 valence electrons. The number of hydrogen-bond acceptors (Lipinski definition) is 4. The minimum Gasteiger partial charge on any atom is -0.454 e. The summed E-state index contributed by atoms with van der Waals surface area (Å²) in [5.41, 5.74) is 0.699. The number of ketones is 1. The van der Waals surface area contributed by atoms with E-state index >= 15 is 0 Å². The van der Waals surface area contributed by atoms with Crippen LogP contribution in [0.25, 0.3) is 0 Å². The van der Waals surface area contributed by atoms with E-state index in [1.165, 1.54) is 0 Å². The molecule has 0 spiro atoms. The Labute approximate surface area is 99.1 Å². The van der Waals surface area contributed by atoms with Crippen LogP contribution in [0.3, 0.4) is 0 Å². The van der Waals surface area contributed by atoms with Crippen molar-refractivity contribution in [2.45, 2.75) is 18.6 Å². The summed E-state index contributed by atoms with van der Waals surface area (Å²) in [5.74, 6) is 1.55. The van der Waals surface area contributed by atoms with Gasteiger partial charge in [-0.3, -0.25) is 4.79 Å². The molecule has 0 bridgehead atoms. The van der Waals surface area contributed by atoms with Crippen molar-refractivity contribution in [3.63, 3.8) is 0 Å². The molecule has 3 nitrogen and oxygen atoms in total. The lowest BCUT2D eigenvalue weighted by Gasteiger charge is -2.10. The highest BCUT2D eigenvalue weighted by Crippen LogP contribution is 2.33. The fraction of sp³-hybridized carbons (Fsp3) is 0.417. The van der Waals surface area contributed by atoms with Crippen LogP contribution in [-0.4, -0.2) is 24.1 Å². The first-order valence-corrected chi connectivity index (χ1v) is 6.51. The number of Topliss-reactive ketones (excluding diaryl/α,β-unsaturated/α-hetero) is 1. The smallest absolute Gasteiger partial charge is 0.231 e. The second-order valence-electron chi connectivity index (χ2n) is 3.56. The maximum atomic E-state index is 12.1. The van der Waals surface area contributed by atoms with Crippen molar-refractivity contribution in [3.8, 4) is 11.5 Å².